The highest BCUT2D eigenvalue weighted by Gasteiger charge is 2.23. The number of aryl methyl sites for hydroxylation is 1. The van der Waals surface area contributed by atoms with Gasteiger partial charge in [-0.1, -0.05) is 41.7 Å². The molecule has 0 aliphatic heterocycles. The van der Waals surface area contributed by atoms with Crippen molar-refractivity contribution in [2.24, 2.45) is 5.73 Å². The fourth-order valence-electron chi connectivity index (χ4n) is 1.81. The molecule has 1 heterocycles. The van der Waals surface area contributed by atoms with Crippen LogP contribution >= 0.6 is 11.3 Å². The lowest BCUT2D eigenvalue weighted by Crippen LogP contribution is -2.29. The topological polar surface area (TPSA) is 91.4 Å². The maximum Gasteiger partial charge on any atom is 0.327 e. The number of hydrogen-bond acceptors (Lipinski definition) is 5. The molecule has 2 aromatic rings. The van der Waals surface area contributed by atoms with Crippen LogP contribution in [0.4, 0.5) is 0 Å². The summed E-state index contributed by atoms with van der Waals surface area (Å²) in [7, 11) is 0. The number of rotatable bonds is 5. The van der Waals surface area contributed by atoms with Gasteiger partial charge in [-0.15, -0.1) is 0 Å². The molecule has 1 atom stereocenters. The van der Waals surface area contributed by atoms with Gasteiger partial charge in [0, 0.05) is 16.6 Å². The highest BCUT2D eigenvalue weighted by molar-refractivity contribution is 7.07. The number of ether oxygens (including phenoxy) is 1. The van der Waals surface area contributed by atoms with E-state index in [1.54, 1.807) is 42.6 Å². The first-order valence-electron chi connectivity index (χ1n) is 6.17. The fraction of sp³-hybridized carbons (Fsp3) is 0.214. The quantitative estimate of drug-likeness (QED) is 0.834. The Balaban J connectivity index is 2.13. The molecule has 1 unspecified atom stereocenters. The zero-order chi connectivity index (χ0) is 15.4. The van der Waals surface area contributed by atoms with Gasteiger partial charge in [0.2, 0.25) is 6.10 Å². The van der Waals surface area contributed by atoms with Gasteiger partial charge in [0.15, 0.2) is 0 Å². The Morgan fingerprint density at radius 1 is 1.33 bits per heavy atom. The lowest BCUT2D eigenvalue weighted by molar-refractivity contribution is -0.156. The van der Waals surface area contributed by atoms with Crippen LogP contribution in [0.25, 0.3) is 0 Å². The van der Waals surface area contributed by atoms with E-state index in [4.69, 9.17) is 10.5 Å². The fourth-order valence-corrected chi connectivity index (χ4v) is 2.55. The summed E-state index contributed by atoms with van der Waals surface area (Å²) < 4.78 is 6.40. The van der Waals surface area contributed by atoms with E-state index in [0.717, 1.165) is 11.3 Å². The van der Waals surface area contributed by atoms with Gasteiger partial charge in [0.05, 0.1) is 0 Å². The summed E-state index contributed by atoms with van der Waals surface area (Å²) in [6.07, 6.45) is -1.16. The molecule has 7 heteroatoms. The molecule has 1 amide bonds. The van der Waals surface area contributed by atoms with E-state index in [1.165, 1.54) is 4.57 Å². The van der Waals surface area contributed by atoms with Crippen molar-refractivity contribution in [1.82, 2.24) is 4.57 Å². The van der Waals surface area contributed by atoms with E-state index in [2.05, 4.69) is 0 Å². The third-order valence-electron chi connectivity index (χ3n) is 2.87. The molecule has 2 N–H and O–H groups in total. The van der Waals surface area contributed by atoms with Crippen LogP contribution in [-0.2, 0) is 20.9 Å². The molecule has 0 aliphatic rings. The van der Waals surface area contributed by atoms with Gasteiger partial charge in [-0.25, -0.2) is 0 Å². The van der Waals surface area contributed by atoms with E-state index in [-0.39, 0.29) is 11.4 Å². The number of nitrogens with zero attached hydrogens (tertiary/aromatic N) is 1. The average molecular weight is 306 g/mol. The van der Waals surface area contributed by atoms with Crippen LogP contribution in [0.3, 0.4) is 0 Å². The second kappa shape index (κ2) is 6.36. The monoisotopic (exact) mass is 306 g/mol. The van der Waals surface area contributed by atoms with Crippen molar-refractivity contribution in [3.05, 3.63) is 56.6 Å². The largest absolute Gasteiger partial charge is 0.446 e. The van der Waals surface area contributed by atoms with Gasteiger partial charge >= 0.3 is 10.8 Å². The summed E-state index contributed by atoms with van der Waals surface area (Å²) in [5, 5.41) is 1.65. The minimum Gasteiger partial charge on any atom is -0.446 e. The van der Waals surface area contributed by atoms with Crippen molar-refractivity contribution in [1.29, 1.82) is 0 Å². The van der Waals surface area contributed by atoms with Crippen molar-refractivity contribution in [2.45, 2.75) is 19.6 Å². The number of aromatic nitrogens is 1. The summed E-state index contributed by atoms with van der Waals surface area (Å²) in [5.41, 5.74) is 6.43. The molecule has 0 spiro atoms. The molecule has 110 valence electrons. The van der Waals surface area contributed by atoms with Crippen molar-refractivity contribution in [3.8, 4) is 0 Å². The summed E-state index contributed by atoms with van der Waals surface area (Å²) in [5.74, 6) is -1.45. The highest BCUT2D eigenvalue weighted by Crippen LogP contribution is 2.17. The van der Waals surface area contributed by atoms with Crippen LogP contribution in [0.15, 0.2) is 40.5 Å². The molecule has 1 aromatic heterocycles. The Bertz CT molecular complexity index is 705. The van der Waals surface area contributed by atoms with Crippen LogP contribution in [0.2, 0.25) is 0 Å². The van der Waals surface area contributed by atoms with Crippen molar-refractivity contribution in [3.63, 3.8) is 0 Å². The first-order valence-corrected chi connectivity index (χ1v) is 7.05. The first-order chi connectivity index (χ1) is 9.99. The molecule has 1 aromatic carbocycles. The molecular weight excluding hydrogens is 292 g/mol. The predicted octanol–water partition coefficient (Wildman–Crippen LogP) is 0.988. The Kier molecular flexibility index (Phi) is 4.54. The number of esters is 1. The molecule has 2 rings (SSSR count). The van der Waals surface area contributed by atoms with Crippen LogP contribution in [0, 0.1) is 6.92 Å². The molecule has 0 aliphatic carbocycles. The van der Waals surface area contributed by atoms with Crippen LogP contribution in [0.1, 0.15) is 17.4 Å². The summed E-state index contributed by atoms with van der Waals surface area (Å²) >= 11 is 1.00. The summed E-state index contributed by atoms with van der Waals surface area (Å²) in [6.45, 7) is 1.47. The molecule has 0 bridgehead atoms. The predicted molar refractivity (Wildman–Crippen MR) is 77.8 cm³/mol. The molecule has 0 radical (unpaired) electrons. The SMILES string of the molecule is Cc1csc(=O)n1CC(=O)OC(C(N)=O)c1ccccc1. The number of nitrogens with two attached hydrogens (primary N) is 1. The van der Waals surface area contributed by atoms with Gasteiger partial charge < -0.3 is 10.5 Å². The number of thiazole rings is 1. The number of carbonyl (C=O) groups is 2. The third kappa shape index (κ3) is 3.57. The molecule has 0 saturated carbocycles. The van der Waals surface area contributed by atoms with E-state index in [1.807, 2.05) is 0 Å². The first kappa shape index (κ1) is 15.0. The Morgan fingerprint density at radius 2 is 2.00 bits per heavy atom. The molecule has 21 heavy (non-hydrogen) atoms. The van der Waals surface area contributed by atoms with Crippen LogP contribution in [0.5, 0.6) is 0 Å². The zero-order valence-corrected chi connectivity index (χ0v) is 12.1. The van der Waals surface area contributed by atoms with E-state index < -0.39 is 18.0 Å². The maximum absolute atomic E-state index is 11.9. The smallest absolute Gasteiger partial charge is 0.327 e. The lowest BCUT2D eigenvalue weighted by Gasteiger charge is -2.15. The zero-order valence-electron chi connectivity index (χ0n) is 11.3. The Morgan fingerprint density at radius 3 is 2.52 bits per heavy atom. The number of primary amides is 1. The van der Waals surface area contributed by atoms with E-state index in [9.17, 15) is 14.4 Å². The normalized spacial score (nSPS) is 11.9. The van der Waals surface area contributed by atoms with E-state index in [0.29, 0.717) is 11.3 Å². The van der Waals surface area contributed by atoms with Gasteiger partial charge in [0.25, 0.3) is 5.91 Å². The van der Waals surface area contributed by atoms with Crippen molar-refractivity contribution < 1.29 is 14.3 Å². The number of carbonyl (C=O) groups excluding carboxylic acids is 2. The number of hydrogen-bond donors (Lipinski definition) is 1. The summed E-state index contributed by atoms with van der Waals surface area (Å²) in [6, 6.07) is 8.49. The van der Waals surface area contributed by atoms with E-state index >= 15 is 0 Å². The van der Waals surface area contributed by atoms with Gasteiger partial charge in [-0.3, -0.25) is 19.0 Å². The minimum absolute atomic E-state index is 0.245. The second-order valence-corrected chi connectivity index (χ2v) is 5.23. The summed E-state index contributed by atoms with van der Waals surface area (Å²) in [4.78, 5) is 34.7. The maximum atomic E-state index is 11.9. The minimum atomic E-state index is -1.16. The van der Waals surface area contributed by atoms with Gasteiger partial charge in [0.1, 0.15) is 6.54 Å². The average Bonchev–Trinajstić information content (AvgIpc) is 2.77. The molecule has 0 fully saturated rings. The number of benzene rings is 1. The van der Waals surface area contributed by atoms with Gasteiger partial charge in [-0.05, 0) is 6.92 Å². The van der Waals surface area contributed by atoms with Crippen molar-refractivity contribution >= 4 is 23.2 Å². The third-order valence-corrected chi connectivity index (χ3v) is 3.75. The molecular formula is C14H14N2O4S. The molecule has 6 nitrogen and oxygen atoms in total. The Labute approximate surface area is 124 Å². The standard InChI is InChI=1S/C14H14N2O4S/c1-9-8-21-14(19)16(9)7-11(17)20-12(13(15)18)10-5-3-2-4-6-10/h2-6,8,12H,7H2,1H3,(H2,15,18). The molecule has 0 saturated heterocycles. The van der Waals surface area contributed by atoms with Crippen LogP contribution < -0.4 is 10.6 Å². The van der Waals surface area contributed by atoms with Crippen molar-refractivity contribution in [2.75, 3.05) is 0 Å². The van der Waals surface area contributed by atoms with Gasteiger partial charge in [-0.2, -0.15) is 0 Å². The highest BCUT2D eigenvalue weighted by atomic mass is 32.1. The van der Waals surface area contributed by atoms with Crippen LogP contribution in [-0.4, -0.2) is 16.4 Å². The Hall–Kier alpha value is -2.41. The lowest BCUT2D eigenvalue weighted by atomic mass is 10.1. The second-order valence-electron chi connectivity index (χ2n) is 4.41. The number of amides is 1.